The van der Waals surface area contributed by atoms with Crippen molar-refractivity contribution in [3.05, 3.63) is 35.9 Å². The maximum absolute atomic E-state index is 5.44. The predicted molar refractivity (Wildman–Crippen MR) is 65.8 cm³/mol. The van der Waals surface area contributed by atoms with Gasteiger partial charge in [-0.1, -0.05) is 36.8 Å². The van der Waals surface area contributed by atoms with Gasteiger partial charge in [-0.25, -0.2) is 0 Å². The lowest BCUT2D eigenvalue weighted by Crippen LogP contribution is -2.19. The molecule has 0 radical (unpaired) electrons. The molecule has 1 rings (SSSR count). The molecule has 84 valence electrons. The van der Waals surface area contributed by atoms with Gasteiger partial charge in [-0.05, 0) is 38.4 Å². The molecule has 2 heteroatoms. The normalized spacial score (nSPS) is 12.7. The second-order valence-corrected chi connectivity index (χ2v) is 3.94. The Morgan fingerprint density at radius 2 is 1.87 bits per heavy atom. The average Bonchev–Trinajstić information content (AvgIpc) is 2.30. The number of nitrogens with two attached hydrogens (primary N) is 1. The van der Waals surface area contributed by atoms with E-state index >= 15 is 0 Å². The van der Waals surface area contributed by atoms with E-state index in [1.807, 2.05) is 0 Å². The van der Waals surface area contributed by atoms with Crippen LogP contribution in [0.15, 0.2) is 30.3 Å². The van der Waals surface area contributed by atoms with E-state index in [2.05, 4.69) is 42.6 Å². The molecule has 1 aromatic rings. The third-order valence-corrected chi connectivity index (χ3v) is 2.63. The van der Waals surface area contributed by atoms with Crippen molar-refractivity contribution in [1.29, 1.82) is 0 Å². The first-order valence-electron chi connectivity index (χ1n) is 5.83. The van der Waals surface area contributed by atoms with Gasteiger partial charge in [-0.15, -0.1) is 0 Å². The molecular formula is C13H22N2. The Balaban J connectivity index is 2.16. The van der Waals surface area contributed by atoms with Gasteiger partial charge in [0.15, 0.2) is 0 Å². The zero-order valence-corrected chi connectivity index (χ0v) is 9.58. The van der Waals surface area contributed by atoms with E-state index in [-0.39, 0.29) is 0 Å². The monoisotopic (exact) mass is 206 g/mol. The van der Waals surface area contributed by atoms with Crippen LogP contribution in [0.3, 0.4) is 0 Å². The molecule has 1 atom stereocenters. The van der Waals surface area contributed by atoms with Gasteiger partial charge in [0.25, 0.3) is 0 Å². The minimum atomic E-state index is 0.448. The van der Waals surface area contributed by atoms with Crippen molar-refractivity contribution in [1.82, 2.24) is 5.32 Å². The van der Waals surface area contributed by atoms with Crippen molar-refractivity contribution in [2.24, 2.45) is 5.73 Å². The number of rotatable bonds is 7. The van der Waals surface area contributed by atoms with Crippen LogP contribution in [0.4, 0.5) is 0 Å². The highest BCUT2D eigenvalue weighted by molar-refractivity contribution is 5.17. The second-order valence-electron chi connectivity index (χ2n) is 3.94. The van der Waals surface area contributed by atoms with E-state index in [4.69, 9.17) is 5.73 Å². The fourth-order valence-corrected chi connectivity index (χ4v) is 1.62. The molecule has 0 aliphatic heterocycles. The molecule has 0 aromatic heterocycles. The predicted octanol–water partition coefficient (Wildman–Crippen LogP) is 2.47. The van der Waals surface area contributed by atoms with Gasteiger partial charge in [0.2, 0.25) is 0 Å². The third-order valence-electron chi connectivity index (χ3n) is 2.63. The molecule has 0 aliphatic rings. The largest absolute Gasteiger partial charge is 0.330 e. The van der Waals surface area contributed by atoms with Crippen LogP contribution < -0.4 is 11.1 Å². The van der Waals surface area contributed by atoms with Crippen molar-refractivity contribution in [3.8, 4) is 0 Å². The number of hydrogen-bond donors (Lipinski definition) is 2. The van der Waals surface area contributed by atoms with Gasteiger partial charge >= 0.3 is 0 Å². The van der Waals surface area contributed by atoms with Crippen LogP contribution >= 0.6 is 0 Å². The van der Waals surface area contributed by atoms with E-state index in [1.54, 1.807) is 0 Å². The Morgan fingerprint density at radius 3 is 2.53 bits per heavy atom. The first kappa shape index (κ1) is 12.2. The van der Waals surface area contributed by atoms with Crippen LogP contribution in [0.2, 0.25) is 0 Å². The van der Waals surface area contributed by atoms with Crippen molar-refractivity contribution < 1.29 is 0 Å². The van der Waals surface area contributed by atoms with Crippen molar-refractivity contribution in [2.75, 3.05) is 13.1 Å². The Hall–Kier alpha value is -0.860. The molecule has 3 N–H and O–H groups in total. The van der Waals surface area contributed by atoms with Crippen molar-refractivity contribution >= 4 is 0 Å². The summed E-state index contributed by atoms with van der Waals surface area (Å²) in [7, 11) is 0. The molecule has 0 unspecified atom stereocenters. The number of nitrogens with one attached hydrogen (secondary N) is 1. The fourth-order valence-electron chi connectivity index (χ4n) is 1.62. The Morgan fingerprint density at radius 1 is 1.13 bits per heavy atom. The third kappa shape index (κ3) is 4.96. The molecular weight excluding hydrogens is 184 g/mol. The van der Waals surface area contributed by atoms with Gasteiger partial charge < -0.3 is 11.1 Å². The summed E-state index contributed by atoms with van der Waals surface area (Å²) >= 11 is 0. The Bertz CT molecular complexity index is 246. The summed E-state index contributed by atoms with van der Waals surface area (Å²) in [6.45, 7) is 4.10. The topological polar surface area (TPSA) is 38.0 Å². The van der Waals surface area contributed by atoms with E-state index in [1.165, 1.54) is 18.4 Å². The summed E-state index contributed by atoms with van der Waals surface area (Å²) in [5.74, 6) is 0. The maximum atomic E-state index is 5.44. The highest BCUT2D eigenvalue weighted by Gasteiger charge is 2.01. The summed E-state index contributed by atoms with van der Waals surface area (Å²) in [5.41, 5.74) is 6.80. The van der Waals surface area contributed by atoms with E-state index in [0.717, 1.165) is 19.5 Å². The zero-order valence-electron chi connectivity index (χ0n) is 9.58. The van der Waals surface area contributed by atoms with Crippen LogP contribution in [0.1, 0.15) is 37.8 Å². The first-order chi connectivity index (χ1) is 7.34. The fraction of sp³-hybridized carbons (Fsp3) is 0.538. The molecule has 0 fully saturated rings. The summed E-state index contributed by atoms with van der Waals surface area (Å²) < 4.78 is 0. The lowest BCUT2D eigenvalue weighted by molar-refractivity contribution is 0.540. The standard InChI is InChI=1S/C13H22N2/c1-12(13-8-4-2-5-9-13)15-11-7-3-6-10-14/h2,4-5,8-9,12,15H,3,6-7,10-11,14H2,1H3/t12-/m0/s1. The van der Waals surface area contributed by atoms with Gasteiger partial charge in [-0.3, -0.25) is 0 Å². The number of unbranched alkanes of at least 4 members (excludes halogenated alkanes) is 2. The van der Waals surface area contributed by atoms with Crippen molar-refractivity contribution in [3.63, 3.8) is 0 Å². The van der Waals surface area contributed by atoms with Gasteiger partial charge in [0, 0.05) is 6.04 Å². The summed E-state index contributed by atoms with van der Waals surface area (Å²) in [6.07, 6.45) is 3.58. The molecule has 0 amide bonds. The molecule has 0 saturated carbocycles. The molecule has 15 heavy (non-hydrogen) atoms. The summed E-state index contributed by atoms with van der Waals surface area (Å²) in [4.78, 5) is 0. The molecule has 0 saturated heterocycles. The highest BCUT2D eigenvalue weighted by atomic mass is 14.9. The van der Waals surface area contributed by atoms with Gasteiger partial charge in [0.05, 0.1) is 0 Å². The van der Waals surface area contributed by atoms with Gasteiger partial charge in [-0.2, -0.15) is 0 Å². The number of hydrogen-bond acceptors (Lipinski definition) is 2. The van der Waals surface area contributed by atoms with Crippen LogP contribution in [0.25, 0.3) is 0 Å². The van der Waals surface area contributed by atoms with E-state index in [0.29, 0.717) is 6.04 Å². The Kier molecular flexibility index (Phi) is 6.05. The van der Waals surface area contributed by atoms with Crippen LogP contribution in [-0.2, 0) is 0 Å². The first-order valence-corrected chi connectivity index (χ1v) is 5.83. The van der Waals surface area contributed by atoms with Crippen molar-refractivity contribution in [2.45, 2.75) is 32.2 Å². The lowest BCUT2D eigenvalue weighted by Gasteiger charge is -2.13. The summed E-state index contributed by atoms with van der Waals surface area (Å²) in [5, 5.41) is 3.52. The average molecular weight is 206 g/mol. The quantitative estimate of drug-likeness (QED) is 0.673. The molecule has 1 aromatic carbocycles. The SMILES string of the molecule is C[C@H](NCCCCCN)c1ccccc1. The Labute approximate surface area is 92.9 Å². The molecule has 0 spiro atoms. The summed E-state index contributed by atoms with van der Waals surface area (Å²) in [6, 6.07) is 11.0. The minimum Gasteiger partial charge on any atom is -0.330 e. The second kappa shape index (κ2) is 7.43. The van der Waals surface area contributed by atoms with Gasteiger partial charge in [0.1, 0.15) is 0 Å². The maximum Gasteiger partial charge on any atom is 0.0291 e. The molecule has 0 heterocycles. The smallest absolute Gasteiger partial charge is 0.0291 e. The van der Waals surface area contributed by atoms with E-state index < -0.39 is 0 Å². The molecule has 0 aliphatic carbocycles. The molecule has 2 nitrogen and oxygen atoms in total. The highest BCUT2D eigenvalue weighted by Crippen LogP contribution is 2.10. The number of benzene rings is 1. The molecule has 0 bridgehead atoms. The van der Waals surface area contributed by atoms with Crippen LogP contribution in [0.5, 0.6) is 0 Å². The van der Waals surface area contributed by atoms with Crippen LogP contribution in [0, 0.1) is 0 Å². The van der Waals surface area contributed by atoms with Crippen LogP contribution in [-0.4, -0.2) is 13.1 Å². The lowest BCUT2D eigenvalue weighted by atomic mass is 10.1. The van der Waals surface area contributed by atoms with E-state index in [9.17, 15) is 0 Å². The zero-order chi connectivity index (χ0) is 10.9. The minimum absolute atomic E-state index is 0.448.